The number of benzene rings is 6. The quantitative estimate of drug-likeness (QED) is 0.0273. The van der Waals surface area contributed by atoms with Crippen LogP contribution in [0.4, 0.5) is 0 Å². The Balaban J connectivity index is 1.24. The van der Waals surface area contributed by atoms with Gasteiger partial charge in [0.1, 0.15) is 17.2 Å². The second-order valence-electron chi connectivity index (χ2n) is 24.4. The normalized spacial score (nSPS) is 11.1. The van der Waals surface area contributed by atoms with Crippen molar-refractivity contribution < 1.29 is 42.6 Å². The van der Waals surface area contributed by atoms with Crippen LogP contribution in [0, 0.1) is 35.5 Å². The number of para-hydroxylation sites is 3. The van der Waals surface area contributed by atoms with Gasteiger partial charge in [0.15, 0.2) is 34.5 Å². The van der Waals surface area contributed by atoms with Gasteiger partial charge in [-0.05, 0) is 94.2 Å². The fraction of sp³-hybridized carbons (Fsp3) is 0.500. The van der Waals surface area contributed by atoms with Crippen molar-refractivity contribution in [3.63, 3.8) is 0 Å². The summed E-state index contributed by atoms with van der Waals surface area (Å²) in [6.07, 6.45) is 33.8. The van der Waals surface area contributed by atoms with Crippen LogP contribution >= 0.6 is 0 Å². The smallest absolute Gasteiger partial charge is 0.162 e. The first-order valence-electron chi connectivity index (χ1n) is 36.0. The molecule has 9 nitrogen and oxygen atoms in total. The molecule has 6 aromatic rings. The van der Waals surface area contributed by atoms with E-state index in [0.717, 1.165) is 111 Å². The fourth-order valence-corrected chi connectivity index (χ4v) is 10.9. The highest BCUT2D eigenvalue weighted by Crippen LogP contribution is 2.36. The molecule has 0 N–H and O–H groups in total. The zero-order chi connectivity index (χ0) is 64.7. The largest absolute Gasteiger partial charge is 0.494 e. The highest BCUT2D eigenvalue weighted by molar-refractivity contribution is 5.67. The fourth-order valence-electron chi connectivity index (χ4n) is 10.9. The van der Waals surface area contributed by atoms with Gasteiger partial charge in [0, 0.05) is 69.8 Å². The maximum atomic E-state index is 6.71. The van der Waals surface area contributed by atoms with Gasteiger partial charge in [-0.25, -0.2) is 0 Å². The van der Waals surface area contributed by atoms with E-state index in [1.54, 1.807) is 0 Å². The Kier molecular flexibility index (Phi) is 36.2. The average molecular weight is 1260 g/mol. The van der Waals surface area contributed by atoms with Gasteiger partial charge in [-0.3, -0.25) is 0 Å². The Bertz CT molecular complexity index is 2840. The van der Waals surface area contributed by atoms with Crippen LogP contribution in [0.2, 0.25) is 0 Å². The Hall–Kier alpha value is -7.80. The lowest BCUT2D eigenvalue weighted by atomic mass is 10.0. The summed E-state index contributed by atoms with van der Waals surface area (Å²) in [6, 6.07) is 42.0. The van der Waals surface area contributed by atoms with Gasteiger partial charge >= 0.3 is 0 Å². The number of fused-ring (bicyclic) bond motifs is 3. The highest BCUT2D eigenvalue weighted by atomic mass is 16.5. The summed E-state index contributed by atoms with van der Waals surface area (Å²) in [6.45, 7) is 11.7. The molecular weight excluding hydrogens is 1150 g/mol. The predicted molar refractivity (Wildman–Crippen MR) is 382 cm³/mol. The lowest BCUT2D eigenvalue weighted by Crippen LogP contribution is -2.06. The third kappa shape index (κ3) is 29.4. The van der Waals surface area contributed by atoms with Gasteiger partial charge in [-0.2, -0.15) is 0 Å². The molecule has 0 aromatic heterocycles. The van der Waals surface area contributed by atoms with Crippen molar-refractivity contribution in [1.29, 1.82) is 0 Å². The van der Waals surface area contributed by atoms with E-state index in [1.807, 2.05) is 127 Å². The summed E-state index contributed by atoms with van der Waals surface area (Å²) >= 11 is 0. The van der Waals surface area contributed by atoms with Crippen LogP contribution in [0.15, 0.2) is 127 Å². The van der Waals surface area contributed by atoms with Crippen molar-refractivity contribution in [2.45, 2.75) is 213 Å². The van der Waals surface area contributed by atoms with Crippen LogP contribution in [0.5, 0.6) is 51.7 Å². The maximum Gasteiger partial charge on any atom is 0.162 e. The van der Waals surface area contributed by atoms with Gasteiger partial charge in [-0.15, -0.1) is 0 Å². The summed E-state index contributed by atoms with van der Waals surface area (Å²) in [4.78, 5) is 0. The zero-order valence-corrected chi connectivity index (χ0v) is 56.9. The first kappa shape index (κ1) is 72.6. The molecule has 0 spiro atoms. The zero-order valence-electron chi connectivity index (χ0n) is 56.9. The van der Waals surface area contributed by atoms with Crippen LogP contribution in [0.1, 0.15) is 247 Å². The van der Waals surface area contributed by atoms with Crippen molar-refractivity contribution in [1.82, 2.24) is 0 Å². The molecule has 0 saturated heterocycles. The molecule has 0 atom stereocenters. The molecule has 0 radical (unpaired) electrons. The van der Waals surface area contributed by atoms with Crippen LogP contribution in [-0.2, 0) is 0 Å². The van der Waals surface area contributed by atoms with Gasteiger partial charge in [0.05, 0.1) is 59.5 Å². The van der Waals surface area contributed by atoms with E-state index in [0.29, 0.717) is 111 Å². The van der Waals surface area contributed by atoms with Crippen LogP contribution < -0.4 is 42.6 Å². The van der Waals surface area contributed by atoms with Crippen molar-refractivity contribution in [2.75, 3.05) is 59.5 Å². The topological polar surface area (TPSA) is 83.1 Å². The molecule has 1 aliphatic carbocycles. The van der Waals surface area contributed by atoms with Crippen molar-refractivity contribution in [3.8, 4) is 87.3 Å². The van der Waals surface area contributed by atoms with Crippen molar-refractivity contribution in [3.05, 3.63) is 161 Å². The van der Waals surface area contributed by atoms with E-state index in [4.69, 9.17) is 42.6 Å². The molecule has 0 bridgehead atoms. The molecule has 93 heavy (non-hydrogen) atoms. The summed E-state index contributed by atoms with van der Waals surface area (Å²) in [5, 5.41) is 0. The number of rotatable bonds is 51. The second kappa shape index (κ2) is 46.3. The van der Waals surface area contributed by atoms with Crippen LogP contribution in [0.3, 0.4) is 0 Å². The van der Waals surface area contributed by atoms with Gasteiger partial charge in [0.25, 0.3) is 0 Å². The van der Waals surface area contributed by atoms with E-state index in [1.165, 1.54) is 116 Å². The highest BCUT2D eigenvalue weighted by Gasteiger charge is 2.17. The van der Waals surface area contributed by atoms with E-state index in [9.17, 15) is 0 Å². The molecule has 9 heteroatoms. The summed E-state index contributed by atoms with van der Waals surface area (Å²) in [7, 11) is 0. The van der Waals surface area contributed by atoms with Crippen molar-refractivity contribution in [2.24, 2.45) is 0 Å². The SMILES string of the molecule is CCCCCCCCCCOc1cc2c(cc1OCCCCOc1ccccc1)C#Cc1cc(OCCCCCCCCCC)c(OCCCCOc3ccccc3)cc1C#Cc1cc(OCCCCCCCCCC)c(OCCCCOc3ccccc3)cc1C#C2. The molecule has 0 amide bonds. The molecule has 0 fully saturated rings. The molecule has 7 rings (SSSR count). The first-order chi connectivity index (χ1) is 46.1. The molecular formula is C84H108O9. The van der Waals surface area contributed by atoms with Gasteiger partial charge in [-0.1, -0.05) is 246 Å². The Morgan fingerprint density at radius 2 is 0.355 bits per heavy atom. The van der Waals surface area contributed by atoms with E-state index in [2.05, 4.69) is 56.3 Å². The molecule has 0 aliphatic heterocycles. The molecule has 0 unspecified atom stereocenters. The minimum Gasteiger partial charge on any atom is -0.494 e. The molecule has 0 heterocycles. The number of hydrogen-bond donors (Lipinski definition) is 0. The summed E-state index contributed by atoms with van der Waals surface area (Å²) < 4.78 is 58.3. The van der Waals surface area contributed by atoms with E-state index >= 15 is 0 Å². The van der Waals surface area contributed by atoms with E-state index in [-0.39, 0.29) is 0 Å². The van der Waals surface area contributed by atoms with E-state index < -0.39 is 0 Å². The number of hydrogen-bond acceptors (Lipinski definition) is 9. The summed E-state index contributed by atoms with van der Waals surface area (Å²) in [5.74, 6) is 27.9. The minimum absolute atomic E-state index is 0.477. The predicted octanol–water partition coefficient (Wildman–Crippen LogP) is 21.5. The molecule has 0 saturated carbocycles. The first-order valence-corrected chi connectivity index (χ1v) is 36.0. The maximum absolute atomic E-state index is 6.71. The Morgan fingerprint density at radius 1 is 0.194 bits per heavy atom. The lowest BCUT2D eigenvalue weighted by Gasteiger charge is -2.16. The minimum atomic E-state index is 0.477. The molecule has 498 valence electrons. The molecule has 1 aliphatic rings. The van der Waals surface area contributed by atoms with Crippen LogP contribution in [0.25, 0.3) is 0 Å². The lowest BCUT2D eigenvalue weighted by molar-refractivity contribution is 0.246. The van der Waals surface area contributed by atoms with Crippen LogP contribution in [-0.4, -0.2) is 59.5 Å². The second-order valence-corrected chi connectivity index (χ2v) is 24.4. The standard InChI is InChI=1S/C84H108O9/c1-4-7-10-13-16-19-22-34-58-88-79-64-70-49-52-74-68-83(92-62-41-38-56-86-77-45-30-26-31-46-77)81(90-60-36-24-21-18-15-12-9-6-3)66-72(74)51-54-75-69-84(93-63-42-39-57-87-78-47-32-27-33-48-78)80(89-59-35-23-20-17-14-11-8-5-2)65-71(75)50-53-73(70)67-82(79)91-61-40-37-55-85-76-43-28-25-29-44-76/h25-33,43-48,64-69H,4-24,34-42,55-63H2,1-3H3. The third-order valence-corrected chi connectivity index (χ3v) is 16.4. The van der Waals surface area contributed by atoms with Crippen molar-refractivity contribution >= 4 is 0 Å². The Labute approximate surface area is 560 Å². The average Bonchev–Trinajstić information content (AvgIpc) is 0.873. The number of unbranched alkanes of at least 4 members (excludes halogenated alkanes) is 24. The third-order valence-electron chi connectivity index (χ3n) is 16.4. The number of ether oxygens (including phenoxy) is 9. The summed E-state index contributed by atoms with van der Waals surface area (Å²) in [5.41, 5.74) is 4.29. The van der Waals surface area contributed by atoms with Gasteiger partial charge in [0.2, 0.25) is 0 Å². The Morgan fingerprint density at radius 3 is 0.548 bits per heavy atom. The van der Waals surface area contributed by atoms with Gasteiger partial charge < -0.3 is 42.6 Å². The monoisotopic (exact) mass is 1260 g/mol. The molecule has 6 aromatic carbocycles.